The SMILES string of the molecule is OC1CCCCC1n1c(=S)[nH]c2cc(F)ccc21. The highest BCUT2D eigenvalue weighted by atomic mass is 32.1. The summed E-state index contributed by atoms with van der Waals surface area (Å²) in [7, 11) is 0. The normalized spacial score (nSPS) is 24.6. The van der Waals surface area contributed by atoms with Crippen LogP contribution >= 0.6 is 12.2 Å². The van der Waals surface area contributed by atoms with Crippen molar-refractivity contribution >= 4 is 23.3 Å². The number of fused-ring (bicyclic) bond motifs is 1. The Bertz CT molecular complexity index is 633. The molecule has 0 spiro atoms. The number of imidazole rings is 1. The van der Waals surface area contributed by atoms with Crippen LogP contribution in [-0.4, -0.2) is 20.8 Å². The molecular weight excluding hydrogens is 251 g/mol. The molecule has 96 valence electrons. The second-order valence-corrected chi connectivity index (χ2v) is 5.27. The summed E-state index contributed by atoms with van der Waals surface area (Å²) < 4.78 is 15.7. The third kappa shape index (κ3) is 1.87. The maximum absolute atomic E-state index is 13.2. The third-order valence-electron chi connectivity index (χ3n) is 3.70. The van der Waals surface area contributed by atoms with E-state index in [1.807, 2.05) is 4.57 Å². The van der Waals surface area contributed by atoms with Crippen LogP contribution < -0.4 is 0 Å². The molecule has 1 heterocycles. The van der Waals surface area contributed by atoms with Crippen LogP contribution in [0.1, 0.15) is 31.7 Å². The van der Waals surface area contributed by atoms with Crippen molar-refractivity contribution in [2.24, 2.45) is 0 Å². The van der Waals surface area contributed by atoms with E-state index in [-0.39, 0.29) is 18.0 Å². The first-order valence-corrected chi connectivity index (χ1v) is 6.65. The van der Waals surface area contributed by atoms with Crippen molar-refractivity contribution in [1.29, 1.82) is 0 Å². The molecule has 2 aromatic rings. The molecule has 18 heavy (non-hydrogen) atoms. The molecule has 5 heteroatoms. The summed E-state index contributed by atoms with van der Waals surface area (Å²) in [6.07, 6.45) is 3.51. The summed E-state index contributed by atoms with van der Waals surface area (Å²) in [4.78, 5) is 3.01. The number of aromatic nitrogens is 2. The quantitative estimate of drug-likeness (QED) is 0.777. The van der Waals surface area contributed by atoms with Gasteiger partial charge in [0, 0.05) is 0 Å². The number of aromatic amines is 1. The predicted molar refractivity (Wildman–Crippen MR) is 70.6 cm³/mol. The van der Waals surface area contributed by atoms with Gasteiger partial charge >= 0.3 is 0 Å². The molecular formula is C13H15FN2OS. The van der Waals surface area contributed by atoms with E-state index in [2.05, 4.69) is 4.98 Å². The van der Waals surface area contributed by atoms with Gasteiger partial charge in [-0.2, -0.15) is 0 Å². The standard InChI is InChI=1S/C13H15FN2OS/c14-8-5-6-10-9(7-8)15-13(18)16(10)11-3-1-2-4-12(11)17/h5-7,11-12,17H,1-4H2,(H,15,18). The van der Waals surface area contributed by atoms with Crippen LogP contribution in [0.5, 0.6) is 0 Å². The number of aliphatic hydroxyl groups excluding tert-OH is 1. The molecule has 1 aliphatic rings. The van der Waals surface area contributed by atoms with Crippen LogP contribution in [0.3, 0.4) is 0 Å². The maximum Gasteiger partial charge on any atom is 0.178 e. The first kappa shape index (κ1) is 11.9. The largest absolute Gasteiger partial charge is 0.391 e. The van der Waals surface area contributed by atoms with Crippen molar-refractivity contribution in [1.82, 2.24) is 9.55 Å². The summed E-state index contributed by atoms with van der Waals surface area (Å²) in [5.74, 6) is -0.282. The van der Waals surface area contributed by atoms with Crippen LogP contribution in [0.4, 0.5) is 4.39 Å². The van der Waals surface area contributed by atoms with E-state index in [4.69, 9.17) is 12.2 Å². The van der Waals surface area contributed by atoms with Gasteiger partial charge in [-0.1, -0.05) is 12.8 Å². The fourth-order valence-electron chi connectivity index (χ4n) is 2.83. The number of hydrogen-bond donors (Lipinski definition) is 2. The first-order chi connectivity index (χ1) is 8.66. The smallest absolute Gasteiger partial charge is 0.178 e. The van der Waals surface area contributed by atoms with E-state index in [0.717, 1.165) is 31.2 Å². The summed E-state index contributed by atoms with van der Waals surface area (Å²) >= 11 is 5.30. The molecule has 1 aromatic heterocycles. The number of H-pyrrole nitrogens is 1. The van der Waals surface area contributed by atoms with Crippen molar-refractivity contribution in [3.8, 4) is 0 Å². The maximum atomic E-state index is 13.2. The summed E-state index contributed by atoms with van der Waals surface area (Å²) in [6, 6.07) is 4.59. The second-order valence-electron chi connectivity index (χ2n) is 4.88. The summed E-state index contributed by atoms with van der Waals surface area (Å²) in [6.45, 7) is 0. The topological polar surface area (TPSA) is 41.0 Å². The number of rotatable bonds is 1. The summed E-state index contributed by atoms with van der Waals surface area (Å²) in [5.41, 5.74) is 1.56. The van der Waals surface area contributed by atoms with Crippen molar-refractivity contribution in [2.45, 2.75) is 37.8 Å². The lowest BCUT2D eigenvalue weighted by molar-refractivity contribution is 0.0767. The Hall–Kier alpha value is -1.20. The lowest BCUT2D eigenvalue weighted by Gasteiger charge is -2.29. The van der Waals surface area contributed by atoms with Gasteiger partial charge in [-0.05, 0) is 43.3 Å². The monoisotopic (exact) mass is 266 g/mol. The van der Waals surface area contributed by atoms with E-state index in [0.29, 0.717) is 10.3 Å². The van der Waals surface area contributed by atoms with E-state index >= 15 is 0 Å². The van der Waals surface area contributed by atoms with Crippen molar-refractivity contribution in [3.63, 3.8) is 0 Å². The van der Waals surface area contributed by atoms with Gasteiger partial charge in [-0.15, -0.1) is 0 Å². The molecule has 0 aliphatic heterocycles. The van der Waals surface area contributed by atoms with E-state index in [9.17, 15) is 9.50 Å². The molecule has 3 rings (SSSR count). The lowest BCUT2D eigenvalue weighted by atomic mass is 9.92. The molecule has 2 atom stereocenters. The number of benzene rings is 1. The zero-order valence-corrected chi connectivity index (χ0v) is 10.7. The third-order valence-corrected chi connectivity index (χ3v) is 4.00. The number of hydrogen-bond acceptors (Lipinski definition) is 2. The zero-order valence-electron chi connectivity index (χ0n) is 9.90. The van der Waals surface area contributed by atoms with Crippen molar-refractivity contribution < 1.29 is 9.50 Å². The van der Waals surface area contributed by atoms with Gasteiger partial charge in [0.2, 0.25) is 0 Å². The van der Waals surface area contributed by atoms with Gasteiger partial charge in [0.05, 0.1) is 23.2 Å². The van der Waals surface area contributed by atoms with Crippen LogP contribution in [0, 0.1) is 10.6 Å². The molecule has 1 aromatic carbocycles. The van der Waals surface area contributed by atoms with E-state index in [1.54, 1.807) is 6.07 Å². The average Bonchev–Trinajstić information content (AvgIpc) is 2.65. The van der Waals surface area contributed by atoms with Gasteiger partial charge in [0.15, 0.2) is 4.77 Å². The zero-order chi connectivity index (χ0) is 12.7. The number of halogens is 1. The Balaban J connectivity index is 2.16. The van der Waals surface area contributed by atoms with Crippen LogP contribution in [0.15, 0.2) is 18.2 Å². The van der Waals surface area contributed by atoms with E-state index in [1.165, 1.54) is 12.1 Å². The molecule has 1 fully saturated rings. The molecule has 0 amide bonds. The lowest BCUT2D eigenvalue weighted by Crippen LogP contribution is -2.27. The first-order valence-electron chi connectivity index (χ1n) is 6.24. The van der Waals surface area contributed by atoms with Gasteiger partial charge < -0.3 is 14.7 Å². The molecule has 0 bridgehead atoms. The minimum atomic E-state index is -0.366. The van der Waals surface area contributed by atoms with Crippen LogP contribution in [0.2, 0.25) is 0 Å². The highest BCUT2D eigenvalue weighted by molar-refractivity contribution is 7.71. The highest BCUT2D eigenvalue weighted by Crippen LogP contribution is 2.31. The van der Waals surface area contributed by atoms with Crippen LogP contribution in [0.25, 0.3) is 11.0 Å². The molecule has 2 N–H and O–H groups in total. The number of aliphatic hydroxyl groups is 1. The van der Waals surface area contributed by atoms with Gasteiger partial charge in [-0.3, -0.25) is 0 Å². The molecule has 0 radical (unpaired) electrons. The Morgan fingerprint density at radius 2 is 2.11 bits per heavy atom. The molecule has 3 nitrogen and oxygen atoms in total. The Kier molecular flexibility index (Phi) is 2.95. The van der Waals surface area contributed by atoms with Gasteiger partial charge in [0.1, 0.15) is 5.82 Å². The molecule has 1 saturated carbocycles. The van der Waals surface area contributed by atoms with Crippen molar-refractivity contribution in [3.05, 3.63) is 28.8 Å². The van der Waals surface area contributed by atoms with Gasteiger partial charge in [-0.25, -0.2) is 4.39 Å². The predicted octanol–water partition coefficient (Wildman–Crippen LogP) is 3.31. The summed E-state index contributed by atoms with van der Waals surface area (Å²) in [5, 5.41) is 10.1. The second kappa shape index (κ2) is 4.48. The average molecular weight is 266 g/mol. The molecule has 0 saturated heterocycles. The minimum absolute atomic E-state index is 0.00506. The fraction of sp³-hybridized carbons (Fsp3) is 0.462. The number of nitrogens with one attached hydrogen (secondary N) is 1. The molecule has 2 unspecified atom stereocenters. The Labute approximate surface area is 109 Å². The molecule has 1 aliphatic carbocycles. The van der Waals surface area contributed by atoms with E-state index < -0.39 is 0 Å². The minimum Gasteiger partial charge on any atom is -0.391 e. The van der Waals surface area contributed by atoms with Gasteiger partial charge in [0.25, 0.3) is 0 Å². The number of nitrogens with zero attached hydrogens (tertiary/aromatic N) is 1. The fourth-order valence-corrected chi connectivity index (χ4v) is 3.17. The Morgan fingerprint density at radius 1 is 1.33 bits per heavy atom. The highest BCUT2D eigenvalue weighted by Gasteiger charge is 2.26. The van der Waals surface area contributed by atoms with Crippen LogP contribution in [-0.2, 0) is 0 Å². The Morgan fingerprint density at radius 3 is 2.89 bits per heavy atom. The van der Waals surface area contributed by atoms with Crippen molar-refractivity contribution in [2.75, 3.05) is 0 Å².